The monoisotopic (exact) mass is 314 g/mol. The molecular formula is C18H26N4O. The molecule has 0 atom stereocenters. The lowest BCUT2D eigenvalue weighted by Gasteiger charge is -2.13. The molecule has 1 heterocycles. The molecule has 2 rings (SSSR count). The van der Waals surface area contributed by atoms with Crippen LogP contribution in [0, 0.1) is 0 Å². The van der Waals surface area contributed by atoms with Gasteiger partial charge in [-0.15, -0.1) is 0 Å². The molecule has 5 nitrogen and oxygen atoms in total. The number of carbonyl (C=O) groups excluding carboxylic acids is 1. The minimum atomic E-state index is -0.104. The Morgan fingerprint density at radius 2 is 1.83 bits per heavy atom. The van der Waals surface area contributed by atoms with Gasteiger partial charge in [0.15, 0.2) is 0 Å². The number of rotatable bonds is 4. The number of anilines is 1. The molecule has 1 aromatic heterocycles. The number of aromatic nitrogens is 2. The largest absolute Gasteiger partial charge is 0.378 e. The van der Waals surface area contributed by atoms with Crippen LogP contribution in [0.3, 0.4) is 0 Å². The van der Waals surface area contributed by atoms with Crippen molar-refractivity contribution in [3.63, 3.8) is 0 Å². The van der Waals surface area contributed by atoms with E-state index in [1.165, 1.54) is 0 Å². The van der Waals surface area contributed by atoms with E-state index in [1.807, 2.05) is 49.3 Å². The van der Waals surface area contributed by atoms with E-state index >= 15 is 0 Å². The molecule has 0 saturated carbocycles. The molecule has 0 fully saturated rings. The Labute approximate surface area is 138 Å². The zero-order chi connectivity index (χ0) is 17.2. The van der Waals surface area contributed by atoms with Crippen molar-refractivity contribution in [3.05, 3.63) is 47.3 Å². The summed E-state index contributed by atoms with van der Waals surface area (Å²) in [7, 11) is 5.81. The van der Waals surface area contributed by atoms with Crippen molar-refractivity contribution in [1.82, 2.24) is 15.1 Å². The second kappa shape index (κ2) is 6.44. The van der Waals surface area contributed by atoms with E-state index in [2.05, 4.69) is 31.2 Å². The van der Waals surface area contributed by atoms with E-state index in [-0.39, 0.29) is 11.3 Å². The van der Waals surface area contributed by atoms with Crippen LogP contribution in [0.1, 0.15) is 42.5 Å². The number of amides is 1. The Balaban J connectivity index is 2.04. The number of carbonyl (C=O) groups is 1. The van der Waals surface area contributed by atoms with Gasteiger partial charge in [-0.05, 0) is 23.8 Å². The van der Waals surface area contributed by atoms with Crippen molar-refractivity contribution in [2.45, 2.75) is 32.7 Å². The third kappa shape index (κ3) is 4.12. The molecule has 5 heteroatoms. The Morgan fingerprint density at radius 1 is 1.22 bits per heavy atom. The van der Waals surface area contributed by atoms with Gasteiger partial charge in [0.2, 0.25) is 0 Å². The van der Waals surface area contributed by atoms with E-state index in [0.29, 0.717) is 12.2 Å². The molecule has 0 aliphatic carbocycles. The fourth-order valence-corrected chi connectivity index (χ4v) is 2.23. The second-order valence-electron chi connectivity index (χ2n) is 7.03. The molecular weight excluding hydrogens is 288 g/mol. The van der Waals surface area contributed by atoms with Crippen LogP contribution in [0.25, 0.3) is 0 Å². The number of aryl methyl sites for hydroxylation is 1. The molecule has 0 saturated heterocycles. The maximum Gasteiger partial charge on any atom is 0.269 e. The maximum atomic E-state index is 12.4. The molecule has 2 aromatic rings. The minimum absolute atomic E-state index is 0.0711. The predicted octanol–water partition coefficient (Wildman–Crippen LogP) is 2.71. The molecule has 0 aliphatic rings. The lowest BCUT2D eigenvalue weighted by atomic mass is 9.92. The summed E-state index contributed by atoms with van der Waals surface area (Å²) in [4.78, 5) is 14.4. The SMILES string of the molecule is CN(C)c1ccc(CNC(=O)c2cc(C(C)(C)C)nn2C)cc1. The van der Waals surface area contributed by atoms with Crippen LogP contribution in [0.2, 0.25) is 0 Å². The van der Waals surface area contributed by atoms with E-state index < -0.39 is 0 Å². The van der Waals surface area contributed by atoms with Crippen LogP contribution in [0.4, 0.5) is 5.69 Å². The van der Waals surface area contributed by atoms with Gasteiger partial charge in [-0.25, -0.2) is 0 Å². The molecule has 1 amide bonds. The number of nitrogens with one attached hydrogen (secondary N) is 1. The molecule has 124 valence electrons. The van der Waals surface area contributed by atoms with E-state index in [0.717, 1.165) is 16.9 Å². The third-order valence-electron chi connectivity index (χ3n) is 3.79. The minimum Gasteiger partial charge on any atom is -0.378 e. The summed E-state index contributed by atoms with van der Waals surface area (Å²) in [6.07, 6.45) is 0. The van der Waals surface area contributed by atoms with Gasteiger partial charge in [-0.3, -0.25) is 9.48 Å². The molecule has 0 spiro atoms. The average molecular weight is 314 g/mol. The van der Waals surface area contributed by atoms with Gasteiger partial charge in [0.25, 0.3) is 5.91 Å². The molecule has 0 aliphatic heterocycles. The Morgan fingerprint density at radius 3 is 2.30 bits per heavy atom. The summed E-state index contributed by atoms with van der Waals surface area (Å²) in [5.74, 6) is -0.104. The number of nitrogens with zero attached hydrogens (tertiary/aromatic N) is 3. The van der Waals surface area contributed by atoms with Crippen molar-refractivity contribution in [2.75, 3.05) is 19.0 Å². The fourth-order valence-electron chi connectivity index (χ4n) is 2.23. The first-order valence-corrected chi connectivity index (χ1v) is 7.77. The average Bonchev–Trinajstić information content (AvgIpc) is 2.87. The van der Waals surface area contributed by atoms with Gasteiger partial charge in [0, 0.05) is 38.8 Å². The van der Waals surface area contributed by atoms with Crippen molar-refractivity contribution >= 4 is 11.6 Å². The molecule has 0 unspecified atom stereocenters. The van der Waals surface area contributed by atoms with Gasteiger partial charge < -0.3 is 10.2 Å². The van der Waals surface area contributed by atoms with Crippen molar-refractivity contribution in [3.8, 4) is 0 Å². The van der Waals surface area contributed by atoms with Crippen LogP contribution in [0.5, 0.6) is 0 Å². The van der Waals surface area contributed by atoms with E-state index in [1.54, 1.807) is 11.7 Å². The summed E-state index contributed by atoms with van der Waals surface area (Å²) in [5, 5.41) is 7.40. The molecule has 0 radical (unpaired) electrons. The highest BCUT2D eigenvalue weighted by Gasteiger charge is 2.21. The van der Waals surface area contributed by atoms with Gasteiger partial charge in [0.1, 0.15) is 5.69 Å². The Kier molecular flexibility index (Phi) is 4.78. The van der Waals surface area contributed by atoms with Crippen molar-refractivity contribution in [2.24, 2.45) is 7.05 Å². The van der Waals surface area contributed by atoms with Gasteiger partial charge in [0.05, 0.1) is 5.69 Å². The van der Waals surface area contributed by atoms with E-state index in [9.17, 15) is 4.79 Å². The maximum absolute atomic E-state index is 12.4. The van der Waals surface area contributed by atoms with Crippen LogP contribution < -0.4 is 10.2 Å². The zero-order valence-corrected chi connectivity index (χ0v) is 14.8. The van der Waals surface area contributed by atoms with Crippen LogP contribution in [-0.4, -0.2) is 29.8 Å². The number of benzene rings is 1. The van der Waals surface area contributed by atoms with Crippen molar-refractivity contribution < 1.29 is 4.79 Å². The van der Waals surface area contributed by atoms with Gasteiger partial charge >= 0.3 is 0 Å². The molecule has 23 heavy (non-hydrogen) atoms. The summed E-state index contributed by atoms with van der Waals surface area (Å²) < 4.78 is 1.64. The second-order valence-corrected chi connectivity index (χ2v) is 7.03. The lowest BCUT2D eigenvalue weighted by Crippen LogP contribution is -2.25. The Hall–Kier alpha value is -2.30. The van der Waals surface area contributed by atoms with E-state index in [4.69, 9.17) is 0 Å². The molecule has 0 bridgehead atoms. The third-order valence-corrected chi connectivity index (χ3v) is 3.79. The fraction of sp³-hybridized carbons (Fsp3) is 0.444. The summed E-state index contributed by atoms with van der Waals surface area (Å²) in [5.41, 5.74) is 3.64. The van der Waals surface area contributed by atoms with Crippen molar-refractivity contribution in [1.29, 1.82) is 0 Å². The first-order chi connectivity index (χ1) is 10.7. The summed E-state index contributed by atoms with van der Waals surface area (Å²) in [6, 6.07) is 10.0. The van der Waals surface area contributed by atoms with Crippen LogP contribution in [-0.2, 0) is 19.0 Å². The zero-order valence-electron chi connectivity index (χ0n) is 14.8. The smallest absolute Gasteiger partial charge is 0.269 e. The van der Waals surface area contributed by atoms with Crippen LogP contribution >= 0.6 is 0 Å². The normalized spacial score (nSPS) is 11.4. The molecule has 1 N–H and O–H groups in total. The summed E-state index contributed by atoms with van der Waals surface area (Å²) >= 11 is 0. The lowest BCUT2D eigenvalue weighted by molar-refractivity contribution is 0.0941. The van der Waals surface area contributed by atoms with Gasteiger partial charge in [-0.2, -0.15) is 5.10 Å². The van der Waals surface area contributed by atoms with Gasteiger partial charge in [-0.1, -0.05) is 32.9 Å². The quantitative estimate of drug-likeness (QED) is 0.944. The first-order valence-electron chi connectivity index (χ1n) is 7.77. The topological polar surface area (TPSA) is 50.2 Å². The molecule has 1 aromatic carbocycles. The van der Waals surface area contributed by atoms with Crippen LogP contribution in [0.15, 0.2) is 30.3 Å². The highest BCUT2D eigenvalue weighted by Crippen LogP contribution is 2.21. The highest BCUT2D eigenvalue weighted by atomic mass is 16.2. The standard InChI is InChI=1S/C18H26N4O/c1-18(2,3)16-11-15(22(6)20-16)17(23)19-12-13-7-9-14(10-8-13)21(4)5/h7-11H,12H2,1-6H3,(H,19,23). The number of hydrogen-bond acceptors (Lipinski definition) is 3. The number of hydrogen-bond donors (Lipinski definition) is 1. The highest BCUT2D eigenvalue weighted by molar-refractivity contribution is 5.92. The predicted molar refractivity (Wildman–Crippen MR) is 93.8 cm³/mol. The summed E-state index contributed by atoms with van der Waals surface area (Å²) in [6.45, 7) is 6.76. The Bertz CT molecular complexity index is 678. The first kappa shape index (κ1) is 17.1.